The van der Waals surface area contributed by atoms with Gasteiger partial charge in [-0.05, 0) is 38.5 Å². The second-order valence-electron chi connectivity index (χ2n) is 10.2. The van der Waals surface area contributed by atoms with Gasteiger partial charge in [0.15, 0.2) is 0 Å². The van der Waals surface area contributed by atoms with E-state index in [1.165, 1.54) is 0 Å². The van der Waals surface area contributed by atoms with Gasteiger partial charge in [0.2, 0.25) is 0 Å². The molecule has 0 aromatic carbocycles. The lowest BCUT2D eigenvalue weighted by Crippen LogP contribution is -2.62. The summed E-state index contributed by atoms with van der Waals surface area (Å²) < 4.78 is 0. The third-order valence-corrected chi connectivity index (χ3v) is 8.84. The predicted octanol–water partition coefficient (Wildman–Crippen LogP) is -0.0557. The van der Waals surface area contributed by atoms with Crippen LogP contribution in [0.3, 0.4) is 0 Å². The van der Waals surface area contributed by atoms with Crippen LogP contribution >= 0.6 is 0 Å². The van der Waals surface area contributed by atoms with Crippen molar-refractivity contribution in [3.05, 3.63) is 12.2 Å². The van der Waals surface area contributed by atoms with E-state index in [4.69, 9.17) is 0 Å². The molecule has 6 N–H and O–H groups in total. The number of rotatable bonds is 0. The zero-order chi connectivity index (χ0) is 19.4. The summed E-state index contributed by atoms with van der Waals surface area (Å²) in [7, 11) is 0. The van der Waals surface area contributed by atoms with Crippen LogP contribution in [0, 0.1) is 28.6 Å². The molecule has 0 aromatic rings. The van der Waals surface area contributed by atoms with Crippen LogP contribution in [0.5, 0.6) is 0 Å². The standard InChI is InChI=1S/C20H32O6/c1-9-7-19-8-12(21)20(26)14(13(22)16(24)17(20,2)3)18(4,25)11(19)6-5-10(9)15(19)23/h10-16,21-26H,1,5-8H2,2-4H3/t10-,11-,12+,13+,14-,15+,16-,18+,19+,20+/m0/s1. The topological polar surface area (TPSA) is 121 Å². The quantitative estimate of drug-likeness (QED) is 0.333. The Labute approximate surface area is 154 Å². The molecule has 4 saturated carbocycles. The molecular weight excluding hydrogens is 336 g/mol. The summed E-state index contributed by atoms with van der Waals surface area (Å²) in [4.78, 5) is 0. The van der Waals surface area contributed by atoms with E-state index >= 15 is 0 Å². The van der Waals surface area contributed by atoms with Crippen molar-refractivity contribution in [2.45, 2.75) is 82.1 Å². The predicted molar refractivity (Wildman–Crippen MR) is 93.9 cm³/mol. The lowest BCUT2D eigenvalue weighted by Gasteiger charge is -2.51. The van der Waals surface area contributed by atoms with Crippen LogP contribution in [0.15, 0.2) is 12.2 Å². The Hall–Kier alpha value is -0.500. The SMILES string of the molecule is C=C1C[C@@]23C[C@@H](O)[C@@]4(O)[C@@H]([C@@H](O)[C@H](O)C4(C)C)[C@](C)(O)[C@@H]2CC[C@@H]1[C@H]3O. The van der Waals surface area contributed by atoms with Gasteiger partial charge in [0.05, 0.1) is 30.0 Å². The molecule has 26 heavy (non-hydrogen) atoms. The first-order valence-electron chi connectivity index (χ1n) is 9.68. The van der Waals surface area contributed by atoms with Crippen LogP contribution in [0.1, 0.15) is 46.5 Å². The first-order chi connectivity index (χ1) is 11.8. The Morgan fingerprint density at radius 1 is 0.962 bits per heavy atom. The highest BCUT2D eigenvalue weighted by atomic mass is 16.4. The van der Waals surface area contributed by atoms with Crippen molar-refractivity contribution in [2.24, 2.45) is 28.6 Å². The van der Waals surface area contributed by atoms with Gasteiger partial charge in [-0.2, -0.15) is 0 Å². The van der Waals surface area contributed by atoms with E-state index in [0.29, 0.717) is 19.3 Å². The number of hydrogen-bond acceptors (Lipinski definition) is 6. The molecule has 0 amide bonds. The number of aliphatic hydroxyl groups is 6. The third kappa shape index (κ3) is 1.79. The Morgan fingerprint density at radius 2 is 1.58 bits per heavy atom. The zero-order valence-electron chi connectivity index (χ0n) is 15.8. The lowest BCUT2D eigenvalue weighted by molar-refractivity contribution is -0.209. The summed E-state index contributed by atoms with van der Waals surface area (Å²) in [6.07, 6.45) is -2.74. The van der Waals surface area contributed by atoms with Crippen LogP contribution in [0.4, 0.5) is 0 Å². The van der Waals surface area contributed by atoms with Crippen molar-refractivity contribution in [1.82, 2.24) is 0 Å². The van der Waals surface area contributed by atoms with Crippen LogP contribution in [0.2, 0.25) is 0 Å². The summed E-state index contributed by atoms with van der Waals surface area (Å²) in [5.41, 5.74) is -4.49. The monoisotopic (exact) mass is 368 g/mol. The third-order valence-electron chi connectivity index (χ3n) is 8.84. The molecule has 4 aliphatic carbocycles. The second-order valence-corrected chi connectivity index (χ2v) is 10.2. The molecule has 148 valence electrons. The van der Waals surface area contributed by atoms with E-state index in [-0.39, 0.29) is 12.3 Å². The molecule has 2 bridgehead atoms. The molecule has 0 heterocycles. The molecule has 6 heteroatoms. The van der Waals surface area contributed by atoms with Gasteiger partial charge in [-0.15, -0.1) is 0 Å². The van der Waals surface area contributed by atoms with E-state index < -0.39 is 58.3 Å². The van der Waals surface area contributed by atoms with Crippen LogP contribution in [-0.2, 0) is 0 Å². The van der Waals surface area contributed by atoms with Crippen LogP contribution < -0.4 is 0 Å². The molecule has 0 aliphatic heterocycles. The molecule has 1 spiro atoms. The normalized spacial score (nSPS) is 61.1. The number of fused-ring (bicyclic) bond motifs is 2. The molecule has 0 radical (unpaired) electrons. The Bertz CT molecular complexity index is 644. The maximum Gasteiger partial charge on any atom is 0.106 e. The first kappa shape index (κ1) is 18.8. The summed E-state index contributed by atoms with van der Waals surface area (Å²) in [5, 5.41) is 66.9. The minimum atomic E-state index is -1.87. The minimum absolute atomic E-state index is 0.0506. The molecule has 4 aliphatic rings. The largest absolute Gasteiger partial charge is 0.392 e. The Kier molecular flexibility index (Phi) is 3.70. The van der Waals surface area contributed by atoms with Gasteiger partial charge in [0, 0.05) is 22.7 Å². The lowest BCUT2D eigenvalue weighted by atomic mass is 9.57. The summed E-state index contributed by atoms with van der Waals surface area (Å²) in [5.74, 6) is -1.58. The Morgan fingerprint density at radius 3 is 2.19 bits per heavy atom. The fourth-order valence-electron chi connectivity index (χ4n) is 7.48. The average molecular weight is 368 g/mol. The van der Waals surface area contributed by atoms with E-state index in [0.717, 1.165) is 5.57 Å². The first-order valence-corrected chi connectivity index (χ1v) is 9.68. The smallest absolute Gasteiger partial charge is 0.106 e. The van der Waals surface area contributed by atoms with E-state index in [1.54, 1.807) is 20.8 Å². The zero-order valence-corrected chi connectivity index (χ0v) is 15.8. The molecule has 6 nitrogen and oxygen atoms in total. The van der Waals surface area contributed by atoms with Crippen molar-refractivity contribution in [3.8, 4) is 0 Å². The van der Waals surface area contributed by atoms with Crippen molar-refractivity contribution in [2.75, 3.05) is 0 Å². The van der Waals surface area contributed by atoms with Gasteiger partial charge in [0.1, 0.15) is 5.60 Å². The van der Waals surface area contributed by atoms with E-state index in [9.17, 15) is 30.6 Å². The second kappa shape index (κ2) is 5.10. The molecule has 0 aromatic heterocycles. The molecule has 0 saturated heterocycles. The Balaban J connectivity index is 1.93. The van der Waals surface area contributed by atoms with Gasteiger partial charge in [-0.25, -0.2) is 0 Å². The van der Waals surface area contributed by atoms with Crippen molar-refractivity contribution in [1.29, 1.82) is 0 Å². The molecule has 0 unspecified atom stereocenters. The molecule has 4 rings (SSSR count). The van der Waals surface area contributed by atoms with Crippen molar-refractivity contribution < 1.29 is 30.6 Å². The summed E-state index contributed by atoms with van der Waals surface area (Å²) in [6.45, 7) is 8.91. The fourth-order valence-corrected chi connectivity index (χ4v) is 7.48. The molecule has 10 atom stereocenters. The summed E-state index contributed by atoms with van der Waals surface area (Å²) in [6, 6.07) is 0. The highest BCUT2D eigenvalue weighted by Crippen LogP contribution is 2.68. The maximum atomic E-state index is 11.7. The van der Waals surface area contributed by atoms with Gasteiger partial charge in [-0.3, -0.25) is 0 Å². The van der Waals surface area contributed by atoms with Crippen molar-refractivity contribution in [3.63, 3.8) is 0 Å². The van der Waals surface area contributed by atoms with Crippen LogP contribution in [0.25, 0.3) is 0 Å². The van der Waals surface area contributed by atoms with Crippen LogP contribution in [-0.4, -0.2) is 66.3 Å². The number of hydrogen-bond donors (Lipinski definition) is 6. The van der Waals surface area contributed by atoms with Crippen molar-refractivity contribution >= 4 is 0 Å². The summed E-state index contributed by atoms with van der Waals surface area (Å²) >= 11 is 0. The van der Waals surface area contributed by atoms with Gasteiger partial charge >= 0.3 is 0 Å². The molecular formula is C20H32O6. The highest BCUT2D eigenvalue weighted by Gasteiger charge is 2.77. The highest BCUT2D eigenvalue weighted by molar-refractivity contribution is 5.30. The van der Waals surface area contributed by atoms with E-state index in [1.807, 2.05) is 0 Å². The fraction of sp³-hybridized carbons (Fsp3) is 0.900. The van der Waals surface area contributed by atoms with Gasteiger partial charge < -0.3 is 30.6 Å². The van der Waals surface area contributed by atoms with Gasteiger partial charge in [0.25, 0.3) is 0 Å². The number of aliphatic hydroxyl groups excluding tert-OH is 4. The van der Waals surface area contributed by atoms with Gasteiger partial charge in [-0.1, -0.05) is 26.0 Å². The maximum absolute atomic E-state index is 11.7. The molecule has 4 fully saturated rings. The average Bonchev–Trinajstić information content (AvgIpc) is 2.73. The van der Waals surface area contributed by atoms with E-state index in [2.05, 4.69) is 6.58 Å². The minimum Gasteiger partial charge on any atom is -0.392 e.